The van der Waals surface area contributed by atoms with Gasteiger partial charge in [0.1, 0.15) is 5.75 Å². The van der Waals surface area contributed by atoms with E-state index in [2.05, 4.69) is 10.2 Å². The fraction of sp³-hybridized carbons (Fsp3) is 0.276. The summed E-state index contributed by atoms with van der Waals surface area (Å²) >= 11 is 0. The van der Waals surface area contributed by atoms with Crippen LogP contribution in [-0.4, -0.2) is 28.0 Å². The number of phenolic OH excluding ortho intramolecular Hbond substituents is 1. The highest BCUT2D eigenvalue weighted by Crippen LogP contribution is 2.34. The minimum Gasteiger partial charge on any atom is -0.507 e. The number of phenols is 1. The van der Waals surface area contributed by atoms with Crippen LogP contribution in [0.5, 0.6) is 5.75 Å². The van der Waals surface area contributed by atoms with Crippen LogP contribution in [0.25, 0.3) is 5.57 Å². The van der Waals surface area contributed by atoms with Gasteiger partial charge in [-0.15, -0.1) is 5.11 Å². The standard InChI is InChI=1S/C29H33N3O2/c1-19(2)32(20(3)4)28(33)18-26(23-12-8-7-9-13-23)25-14-10-11-15-27(25)31-30-24-16-21(5)29(34)22(6)17-24/h7-20,34H,1-6H3. The van der Waals surface area contributed by atoms with Crippen molar-refractivity contribution >= 4 is 22.9 Å². The molecule has 0 heterocycles. The molecule has 3 aromatic carbocycles. The topological polar surface area (TPSA) is 65.3 Å². The summed E-state index contributed by atoms with van der Waals surface area (Å²) in [6.45, 7) is 11.8. The largest absolute Gasteiger partial charge is 0.507 e. The molecule has 0 spiro atoms. The predicted molar refractivity (Wildman–Crippen MR) is 139 cm³/mol. The maximum absolute atomic E-state index is 13.4. The van der Waals surface area contributed by atoms with Gasteiger partial charge in [-0.05, 0) is 82.0 Å². The number of nitrogens with zero attached hydrogens (tertiary/aromatic N) is 3. The molecular formula is C29H33N3O2. The predicted octanol–water partition coefficient (Wildman–Crippen LogP) is 7.50. The van der Waals surface area contributed by atoms with Crippen molar-refractivity contribution in [2.75, 3.05) is 0 Å². The van der Waals surface area contributed by atoms with Crippen LogP contribution < -0.4 is 0 Å². The van der Waals surface area contributed by atoms with Crippen LogP contribution in [-0.2, 0) is 4.79 Å². The third-order valence-corrected chi connectivity index (χ3v) is 5.66. The third kappa shape index (κ3) is 5.79. The van der Waals surface area contributed by atoms with E-state index < -0.39 is 0 Å². The molecule has 0 aromatic heterocycles. The molecule has 0 aliphatic carbocycles. The van der Waals surface area contributed by atoms with Gasteiger partial charge in [-0.25, -0.2) is 0 Å². The Labute approximate surface area is 202 Å². The Bertz CT molecular complexity index is 1180. The van der Waals surface area contributed by atoms with Crippen molar-refractivity contribution in [1.29, 1.82) is 0 Å². The number of benzene rings is 3. The lowest BCUT2D eigenvalue weighted by molar-refractivity contribution is -0.129. The van der Waals surface area contributed by atoms with E-state index in [-0.39, 0.29) is 23.7 Å². The Kier molecular flexibility index (Phi) is 8.00. The van der Waals surface area contributed by atoms with E-state index in [1.807, 2.05) is 101 Å². The molecule has 3 rings (SSSR count). The van der Waals surface area contributed by atoms with Crippen LogP contribution in [0, 0.1) is 13.8 Å². The van der Waals surface area contributed by atoms with Gasteiger partial charge in [0.05, 0.1) is 11.4 Å². The summed E-state index contributed by atoms with van der Waals surface area (Å²) in [5.74, 6) is 0.229. The van der Waals surface area contributed by atoms with Crippen molar-refractivity contribution in [3.05, 3.63) is 95.1 Å². The molecule has 0 saturated carbocycles. The molecule has 0 aliphatic rings. The van der Waals surface area contributed by atoms with Crippen molar-refractivity contribution < 1.29 is 9.90 Å². The summed E-state index contributed by atoms with van der Waals surface area (Å²) in [5.41, 5.74) is 5.38. The number of carbonyl (C=O) groups excluding carboxylic acids is 1. The van der Waals surface area contributed by atoms with Gasteiger partial charge in [0, 0.05) is 23.7 Å². The first kappa shape index (κ1) is 24.9. The van der Waals surface area contributed by atoms with Crippen molar-refractivity contribution in [2.24, 2.45) is 10.2 Å². The molecule has 0 radical (unpaired) electrons. The van der Waals surface area contributed by atoms with Crippen LogP contribution in [0.1, 0.15) is 49.9 Å². The average molecular weight is 456 g/mol. The van der Waals surface area contributed by atoms with Gasteiger partial charge >= 0.3 is 0 Å². The Morgan fingerprint density at radius 1 is 0.853 bits per heavy atom. The molecule has 3 aromatic rings. The van der Waals surface area contributed by atoms with Gasteiger partial charge in [-0.2, -0.15) is 5.11 Å². The quantitative estimate of drug-likeness (QED) is 0.296. The number of carbonyl (C=O) groups is 1. The fourth-order valence-electron chi connectivity index (χ4n) is 4.13. The lowest BCUT2D eigenvalue weighted by atomic mass is 9.95. The minimum absolute atomic E-state index is 0.0413. The van der Waals surface area contributed by atoms with Crippen LogP contribution in [0.4, 0.5) is 11.4 Å². The zero-order valence-electron chi connectivity index (χ0n) is 20.8. The molecule has 0 unspecified atom stereocenters. The normalized spacial score (nSPS) is 12.1. The van der Waals surface area contributed by atoms with Crippen LogP contribution >= 0.6 is 0 Å². The lowest BCUT2D eigenvalue weighted by Gasteiger charge is -2.30. The van der Waals surface area contributed by atoms with Crippen molar-refractivity contribution in [3.63, 3.8) is 0 Å². The zero-order valence-corrected chi connectivity index (χ0v) is 20.8. The highest BCUT2D eigenvalue weighted by atomic mass is 16.3. The highest BCUT2D eigenvalue weighted by Gasteiger charge is 2.20. The SMILES string of the molecule is Cc1cc(N=Nc2ccccc2C(=CC(=O)N(C(C)C)C(C)C)c2ccccc2)cc(C)c1O. The van der Waals surface area contributed by atoms with E-state index in [0.29, 0.717) is 11.4 Å². The number of rotatable bonds is 7. The van der Waals surface area contributed by atoms with Gasteiger partial charge in [-0.3, -0.25) is 4.79 Å². The monoisotopic (exact) mass is 455 g/mol. The van der Waals surface area contributed by atoms with Gasteiger partial charge in [0.15, 0.2) is 0 Å². The second-order valence-electron chi connectivity index (χ2n) is 9.00. The molecule has 0 bridgehead atoms. The second kappa shape index (κ2) is 10.9. The van der Waals surface area contributed by atoms with Crippen LogP contribution in [0.15, 0.2) is 83.0 Å². The number of amides is 1. The van der Waals surface area contributed by atoms with Gasteiger partial charge in [-0.1, -0.05) is 48.5 Å². The molecule has 0 aliphatic heterocycles. The number of aromatic hydroxyl groups is 1. The maximum atomic E-state index is 13.4. The Morgan fingerprint density at radius 3 is 2.00 bits per heavy atom. The lowest BCUT2D eigenvalue weighted by Crippen LogP contribution is -2.41. The summed E-state index contributed by atoms with van der Waals surface area (Å²) in [5, 5.41) is 19.0. The average Bonchev–Trinajstić information content (AvgIpc) is 2.80. The fourth-order valence-corrected chi connectivity index (χ4v) is 4.13. The molecule has 0 saturated heterocycles. The minimum atomic E-state index is -0.0413. The summed E-state index contributed by atoms with van der Waals surface area (Å²) < 4.78 is 0. The van der Waals surface area contributed by atoms with E-state index in [4.69, 9.17) is 0 Å². The molecular weight excluding hydrogens is 422 g/mol. The van der Waals surface area contributed by atoms with Crippen LogP contribution in [0.2, 0.25) is 0 Å². The summed E-state index contributed by atoms with van der Waals surface area (Å²) in [6, 6.07) is 21.3. The van der Waals surface area contributed by atoms with E-state index in [9.17, 15) is 9.90 Å². The number of hydrogen-bond acceptors (Lipinski definition) is 4. The summed E-state index contributed by atoms with van der Waals surface area (Å²) in [4.78, 5) is 15.2. The molecule has 34 heavy (non-hydrogen) atoms. The van der Waals surface area contributed by atoms with Crippen LogP contribution in [0.3, 0.4) is 0 Å². The molecule has 5 nitrogen and oxygen atoms in total. The van der Waals surface area contributed by atoms with Crippen molar-refractivity contribution in [1.82, 2.24) is 4.90 Å². The van der Waals surface area contributed by atoms with E-state index in [1.54, 1.807) is 18.2 Å². The first-order valence-electron chi connectivity index (χ1n) is 11.6. The highest BCUT2D eigenvalue weighted by molar-refractivity contribution is 6.00. The maximum Gasteiger partial charge on any atom is 0.247 e. The van der Waals surface area contributed by atoms with Gasteiger partial charge < -0.3 is 10.0 Å². The zero-order chi connectivity index (χ0) is 24.8. The first-order chi connectivity index (χ1) is 16.2. The summed E-state index contributed by atoms with van der Waals surface area (Å²) in [7, 11) is 0. The molecule has 5 heteroatoms. The Hall–Kier alpha value is -3.73. The first-order valence-corrected chi connectivity index (χ1v) is 11.6. The van der Waals surface area contributed by atoms with Gasteiger partial charge in [0.2, 0.25) is 5.91 Å². The van der Waals surface area contributed by atoms with E-state index >= 15 is 0 Å². The molecule has 1 N–H and O–H groups in total. The number of aryl methyl sites for hydroxylation is 2. The van der Waals surface area contributed by atoms with Crippen molar-refractivity contribution in [2.45, 2.75) is 53.6 Å². The number of azo groups is 1. The number of hydrogen-bond donors (Lipinski definition) is 1. The molecule has 1 amide bonds. The molecule has 0 fully saturated rings. The van der Waals surface area contributed by atoms with E-state index in [0.717, 1.165) is 27.8 Å². The Morgan fingerprint density at radius 2 is 1.41 bits per heavy atom. The second-order valence-corrected chi connectivity index (χ2v) is 9.00. The van der Waals surface area contributed by atoms with Gasteiger partial charge in [0.25, 0.3) is 0 Å². The van der Waals surface area contributed by atoms with Crippen molar-refractivity contribution in [3.8, 4) is 5.75 Å². The smallest absolute Gasteiger partial charge is 0.247 e. The van der Waals surface area contributed by atoms with E-state index in [1.165, 1.54) is 0 Å². The Balaban J connectivity index is 2.11. The molecule has 0 atom stereocenters. The molecule has 176 valence electrons. The third-order valence-electron chi connectivity index (χ3n) is 5.66. The summed E-state index contributed by atoms with van der Waals surface area (Å²) in [6.07, 6.45) is 1.71.